The molecule has 0 atom stereocenters. The largest absolute Gasteiger partial charge is 0.496 e. The lowest BCUT2D eigenvalue weighted by Crippen LogP contribution is -1.99. The minimum atomic E-state index is -0.378. The average Bonchev–Trinajstić information content (AvgIpc) is 2.68. The molecule has 128 valence electrons. The number of fused-ring (bicyclic) bond motifs is 1. The van der Waals surface area contributed by atoms with Gasteiger partial charge in [0.15, 0.2) is 5.82 Å². The first-order valence-corrected chi connectivity index (χ1v) is 8.20. The molecule has 0 radical (unpaired) electrons. The summed E-state index contributed by atoms with van der Waals surface area (Å²) in [4.78, 5) is 13.6. The number of hydrogen-bond acceptors (Lipinski definition) is 4. The van der Waals surface area contributed by atoms with Crippen LogP contribution in [0.5, 0.6) is 5.75 Å². The van der Waals surface area contributed by atoms with E-state index in [4.69, 9.17) is 4.74 Å². The Labute approximate surface area is 150 Å². The zero-order chi connectivity index (χ0) is 18.1. The Balaban J connectivity index is 1.89. The SMILES string of the molecule is COc1cccc(F)c1-c1nc(-c2ncc3ccccc3n2)ccc1C. The van der Waals surface area contributed by atoms with E-state index < -0.39 is 0 Å². The van der Waals surface area contributed by atoms with Gasteiger partial charge in [-0.25, -0.2) is 19.3 Å². The molecule has 26 heavy (non-hydrogen) atoms. The lowest BCUT2D eigenvalue weighted by atomic mass is 10.0. The molecule has 0 unspecified atom stereocenters. The lowest BCUT2D eigenvalue weighted by molar-refractivity contribution is 0.413. The summed E-state index contributed by atoms with van der Waals surface area (Å²) >= 11 is 0. The maximum Gasteiger partial charge on any atom is 0.178 e. The summed E-state index contributed by atoms with van der Waals surface area (Å²) in [5.41, 5.74) is 3.13. The smallest absolute Gasteiger partial charge is 0.178 e. The van der Waals surface area contributed by atoms with Crippen molar-refractivity contribution < 1.29 is 9.13 Å². The number of rotatable bonds is 3. The Hall–Kier alpha value is -3.34. The van der Waals surface area contributed by atoms with Crippen molar-refractivity contribution in [3.8, 4) is 28.5 Å². The number of methoxy groups -OCH3 is 1. The Kier molecular flexibility index (Phi) is 4.05. The number of aromatic nitrogens is 3. The van der Waals surface area contributed by atoms with Gasteiger partial charge >= 0.3 is 0 Å². The second-order valence-electron chi connectivity index (χ2n) is 5.93. The van der Waals surface area contributed by atoms with Crippen LogP contribution in [0, 0.1) is 12.7 Å². The van der Waals surface area contributed by atoms with Crippen molar-refractivity contribution in [1.29, 1.82) is 0 Å². The molecule has 0 aliphatic carbocycles. The van der Waals surface area contributed by atoms with E-state index in [-0.39, 0.29) is 5.82 Å². The maximum atomic E-state index is 14.5. The first kappa shape index (κ1) is 16.1. The predicted octanol–water partition coefficient (Wildman–Crippen LogP) is 4.81. The topological polar surface area (TPSA) is 47.9 Å². The summed E-state index contributed by atoms with van der Waals surface area (Å²) in [6.07, 6.45) is 1.77. The second kappa shape index (κ2) is 6.52. The van der Waals surface area contributed by atoms with E-state index in [0.29, 0.717) is 28.5 Å². The van der Waals surface area contributed by atoms with Crippen LogP contribution in [0.2, 0.25) is 0 Å². The third-order valence-electron chi connectivity index (χ3n) is 4.25. The van der Waals surface area contributed by atoms with Crippen molar-refractivity contribution in [2.45, 2.75) is 6.92 Å². The van der Waals surface area contributed by atoms with Crippen LogP contribution in [-0.2, 0) is 0 Å². The molecule has 2 aromatic carbocycles. The Morgan fingerprint density at radius 2 is 1.77 bits per heavy atom. The van der Waals surface area contributed by atoms with Crippen LogP contribution in [0.4, 0.5) is 4.39 Å². The van der Waals surface area contributed by atoms with Crippen LogP contribution in [0.25, 0.3) is 33.7 Å². The van der Waals surface area contributed by atoms with Gasteiger partial charge in [-0.3, -0.25) is 0 Å². The minimum absolute atomic E-state index is 0.343. The normalized spacial score (nSPS) is 10.9. The van der Waals surface area contributed by atoms with E-state index in [9.17, 15) is 4.39 Å². The number of benzene rings is 2. The second-order valence-corrected chi connectivity index (χ2v) is 5.93. The fraction of sp³-hybridized carbons (Fsp3) is 0.0952. The molecule has 0 amide bonds. The van der Waals surface area contributed by atoms with E-state index in [1.54, 1.807) is 18.3 Å². The van der Waals surface area contributed by atoms with Gasteiger partial charge in [0, 0.05) is 11.6 Å². The number of hydrogen-bond donors (Lipinski definition) is 0. The number of nitrogens with zero attached hydrogens (tertiary/aromatic N) is 3. The molecule has 5 heteroatoms. The number of aryl methyl sites for hydroxylation is 1. The highest BCUT2D eigenvalue weighted by Crippen LogP contribution is 2.34. The molecule has 0 bridgehead atoms. The van der Waals surface area contributed by atoms with Crippen molar-refractivity contribution in [1.82, 2.24) is 15.0 Å². The predicted molar refractivity (Wildman–Crippen MR) is 99.5 cm³/mol. The van der Waals surface area contributed by atoms with Crippen molar-refractivity contribution in [3.05, 3.63) is 72.2 Å². The molecule has 0 fully saturated rings. The van der Waals surface area contributed by atoms with Crippen LogP contribution in [0.15, 0.2) is 60.8 Å². The number of para-hydroxylation sites is 1. The third kappa shape index (κ3) is 2.77. The van der Waals surface area contributed by atoms with Gasteiger partial charge < -0.3 is 4.74 Å². The highest BCUT2D eigenvalue weighted by atomic mass is 19.1. The van der Waals surface area contributed by atoms with Crippen LogP contribution in [0.3, 0.4) is 0 Å². The van der Waals surface area contributed by atoms with Crippen LogP contribution < -0.4 is 4.74 Å². The lowest BCUT2D eigenvalue weighted by Gasteiger charge is -2.12. The van der Waals surface area contributed by atoms with E-state index in [2.05, 4.69) is 15.0 Å². The first-order valence-electron chi connectivity index (χ1n) is 8.20. The summed E-state index contributed by atoms with van der Waals surface area (Å²) < 4.78 is 19.8. The van der Waals surface area contributed by atoms with Crippen LogP contribution >= 0.6 is 0 Å². The van der Waals surface area contributed by atoms with Gasteiger partial charge in [0.05, 0.1) is 23.9 Å². The molecule has 4 rings (SSSR count). The van der Waals surface area contributed by atoms with Crippen LogP contribution in [0.1, 0.15) is 5.56 Å². The van der Waals surface area contributed by atoms with Crippen molar-refractivity contribution in [2.75, 3.05) is 7.11 Å². The maximum absolute atomic E-state index is 14.5. The highest BCUT2D eigenvalue weighted by Gasteiger charge is 2.17. The molecule has 2 aromatic heterocycles. The van der Waals surface area contributed by atoms with Gasteiger partial charge in [0.25, 0.3) is 0 Å². The van der Waals surface area contributed by atoms with Gasteiger partial charge in [-0.2, -0.15) is 0 Å². The average molecular weight is 345 g/mol. The molecule has 0 N–H and O–H groups in total. The summed E-state index contributed by atoms with van der Waals surface area (Å²) in [5, 5.41) is 0.958. The summed E-state index contributed by atoms with van der Waals surface area (Å²) in [7, 11) is 1.52. The zero-order valence-corrected chi connectivity index (χ0v) is 14.4. The standard InChI is InChI=1S/C21H16FN3O/c1-13-10-11-17(21-23-12-14-6-3-4-8-16(14)25-21)24-20(13)19-15(22)7-5-9-18(19)26-2/h3-12H,1-2H3. The van der Waals surface area contributed by atoms with E-state index >= 15 is 0 Å². The number of halogens is 1. The third-order valence-corrected chi connectivity index (χ3v) is 4.25. The molecule has 0 aliphatic rings. The monoisotopic (exact) mass is 345 g/mol. The fourth-order valence-electron chi connectivity index (χ4n) is 2.91. The number of ether oxygens (including phenoxy) is 1. The molecule has 4 nitrogen and oxygen atoms in total. The summed E-state index contributed by atoms with van der Waals surface area (Å²) in [6, 6.07) is 16.2. The van der Waals surface area contributed by atoms with Gasteiger partial charge in [-0.1, -0.05) is 30.3 Å². The quantitative estimate of drug-likeness (QED) is 0.534. The molecular formula is C21H16FN3O. The molecule has 0 saturated heterocycles. The summed E-state index contributed by atoms with van der Waals surface area (Å²) in [6.45, 7) is 1.89. The zero-order valence-electron chi connectivity index (χ0n) is 14.4. The molecule has 0 aliphatic heterocycles. The van der Waals surface area contributed by atoms with Crippen molar-refractivity contribution >= 4 is 10.9 Å². The Morgan fingerprint density at radius 1 is 0.923 bits per heavy atom. The first-order chi connectivity index (χ1) is 12.7. The number of pyridine rings is 1. The molecule has 0 spiro atoms. The molecule has 2 heterocycles. The van der Waals surface area contributed by atoms with Gasteiger partial charge in [-0.05, 0) is 36.8 Å². The van der Waals surface area contributed by atoms with Gasteiger partial charge in [0.2, 0.25) is 0 Å². The van der Waals surface area contributed by atoms with Gasteiger partial charge in [-0.15, -0.1) is 0 Å². The van der Waals surface area contributed by atoms with E-state index in [0.717, 1.165) is 16.5 Å². The van der Waals surface area contributed by atoms with Crippen LogP contribution in [-0.4, -0.2) is 22.1 Å². The Morgan fingerprint density at radius 3 is 2.62 bits per heavy atom. The van der Waals surface area contributed by atoms with Crippen molar-refractivity contribution in [2.24, 2.45) is 0 Å². The Bertz CT molecular complexity index is 1110. The molecule has 0 saturated carbocycles. The highest BCUT2D eigenvalue weighted by molar-refractivity contribution is 5.79. The van der Waals surface area contributed by atoms with E-state index in [1.165, 1.54) is 13.2 Å². The molecule has 4 aromatic rings. The molecular weight excluding hydrogens is 329 g/mol. The minimum Gasteiger partial charge on any atom is -0.496 e. The summed E-state index contributed by atoms with van der Waals surface area (Å²) in [5.74, 6) is 0.564. The van der Waals surface area contributed by atoms with Crippen molar-refractivity contribution in [3.63, 3.8) is 0 Å². The van der Waals surface area contributed by atoms with E-state index in [1.807, 2.05) is 43.3 Å². The fourth-order valence-corrected chi connectivity index (χ4v) is 2.91. The van der Waals surface area contributed by atoms with Gasteiger partial charge in [0.1, 0.15) is 17.3 Å².